The van der Waals surface area contributed by atoms with Gasteiger partial charge in [-0.15, -0.1) is 11.3 Å². The number of hydrogen-bond donors (Lipinski definition) is 2. The lowest BCUT2D eigenvalue weighted by Crippen LogP contribution is -2.34. The number of methoxy groups -OCH3 is 1. The van der Waals surface area contributed by atoms with Crippen LogP contribution in [0.4, 0.5) is 9.52 Å². The topological polar surface area (TPSA) is 143 Å². The zero-order valence-electron chi connectivity index (χ0n) is 25.8. The summed E-state index contributed by atoms with van der Waals surface area (Å²) in [5, 5.41) is 23.6. The first-order valence-electron chi connectivity index (χ1n) is 15.0. The van der Waals surface area contributed by atoms with Crippen LogP contribution in [0.15, 0.2) is 90.4 Å². The number of pyridine rings is 1. The van der Waals surface area contributed by atoms with Gasteiger partial charge in [-0.05, 0) is 66.4 Å². The van der Waals surface area contributed by atoms with Crippen LogP contribution in [-0.4, -0.2) is 49.7 Å². The Kier molecular flexibility index (Phi) is 9.61. The number of benzene rings is 3. The minimum Gasteiger partial charge on any atom is -0.478 e. The molecule has 0 saturated carbocycles. The minimum atomic E-state index is -1.06. The highest BCUT2D eigenvalue weighted by Crippen LogP contribution is 2.24. The van der Waals surface area contributed by atoms with E-state index < -0.39 is 17.9 Å². The van der Waals surface area contributed by atoms with E-state index in [0.29, 0.717) is 52.4 Å². The van der Waals surface area contributed by atoms with Crippen molar-refractivity contribution >= 4 is 39.4 Å². The molecular weight excluding hydrogens is 631 g/mol. The summed E-state index contributed by atoms with van der Waals surface area (Å²) >= 11 is 1.29. The van der Waals surface area contributed by atoms with Crippen LogP contribution >= 0.6 is 11.3 Å². The van der Waals surface area contributed by atoms with Crippen LogP contribution in [-0.2, 0) is 35.3 Å². The van der Waals surface area contributed by atoms with Crippen molar-refractivity contribution in [3.8, 4) is 17.3 Å². The van der Waals surface area contributed by atoms with Gasteiger partial charge in [-0.3, -0.25) is 15.1 Å². The third kappa shape index (κ3) is 7.28. The molecule has 0 unspecified atom stereocenters. The Labute approximate surface area is 279 Å². The van der Waals surface area contributed by atoms with E-state index in [-0.39, 0.29) is 18.0 Å². The van der Waals surface area contributed by atoms with Gasteiger partial charge in [-0.1, -0.05) is 36.4 Å². The third-order valence-electron chi connectivity index (χ3n) is 7.91. The average molecular weight is 661 g/mol. The number of carboxylic acids is 1. The maximum atomic E-state index is 14.4. The van der Waals surface area contributed by atoms with Gasteiger partial charge < -0.3 is 14.4 Å². The minimum absolute atomic E-state index is 0.101. The Morgan fingerprint density at radius 1 is 1.06 bits per heavy atom. The number of carbonyl (C=O) groups excluding carboxylic acids is 1. The van der Waals surface area contributed by atoms with Gasteiger partial charge in [0.05, 0.1) is 40.5 Å². The molecule has 6 rings (SSSR count). The maximum absolute atomic E-state index is 14.4. The molecule has 3 aromatic carbocycles. The molecular formula is C36H29FN6O4S. The van der Waals surface area contributed by atoms with E-state index in [0.717, 1.165) is 22.5 Å². The zero-order valence-corrected chi connectivity index (χ0v) is 26.6. The number of nitrogens with zero attached hydrogens (tertiary/aromatic N) is 5. The molecule has 0 saturated heterocycles. The van der Waals surface area contributed by atoms with E-state index in [9.17, 15) is 19.1 Å². The van der Waals surface area contributed by atoms with Gasteiger partial charge in [0, 0.05) is 36.4 Å². The molecule has 3 aromatic heterocycles. The van der Waals surface area contributed by atoms with Crippen molar-refractivity contribution in [1.82, 2.24) is 19.5 Å². The van der Waals surface area contributed by atoms with Crippen LogP contribution < -0.4 is 5.32 Å². The van der Waals surface area contributed by atoms with E-state index in [2.05, 4.69) is 10.3 Å². The lowest BCUT2D eigenvalue weighted by Gasteiger charge is -2.17. The summed E-state index contributed by atoms with van der Waals surface area (Å²) in [6.45, 7) is 0.101. The molecule has 0 aliphatic rings. The van der Waals surface area contributed by atoms with Crippen molar-refractivity contribution in [3.63, 3.8) is 0 Å². The molecule has 0 bridgehead atoms. The SMILES string of the molecule is CO[C@@H](Cn1c(Cc2ccc(-c3cccc(CCc4ccc(C#N)cc4F)n3)cc2)nc2ccc(C(=O)O)cc21)C(=O)Nc1nccs1. The average Bonchev–Trinajstić information content (AvgIpc) is 3.73. The molecule has 48 heavy (non-hydrogen) atoms. The zero-order chi connectivity index (χ0) is 33.6. The van der Waals surface area contributed by atoms with E-state index in [1.54, 1.807) is 35.8 Å². The van der Waals surface area contributed by atoms with Crippen molar-refractivity contribution in [2.24, 2.45) is 0 Å². The van der Waals surface area contributed by atoms with Gasteiger partial charge in [0.1, 0.15) is 11.6 Å². The summed E-state index contributed by atoms with van der Waals surface area (Å²) in [6, 6.07) is 24.8. The summed E-state index contributed by atoms with van der Waals surface area (Å²) in [4.78, 5) is 38.5. The van der Waals surface area contributed by atoms with Crippen LogP contribution in [0.25, 0.3) is 22.3 Å². The molecule has 1 amide bonds. The summed E-state index contributed by atoms with van der Waals surface area (Å²) in [5.41, 5.74) is 5.56. The van der Waals surface area contributed by atoms with Crippen molar-refractivity contribution in [2.75, 3.05) is 12.4 Å². The Morgan fingerprint density at radius 3 is 2.60 bits per heavy atom. The third-order valence-corrected chi connectivity index (χ3v) is 8.60. The molecule has 0 aliphatic heterocycles. The highest BCUT2D eigenvalue weighted by molar-refractivity contribution is 7.13. The molecule has 0 fully saturated rings. The largest absolute Gasteiger partial charge is 0.478 e. The van der Waals surface area contributed by atoms with Gasteiger partial charge in [-0.25, -0.2) is 19.2 Å². The number of aromatic carboxylic acids is 1. The smallest absolute Gasteiger partial charge is 0.335 e. The second kappa shape index (κ2) is 14.3. The molecule has 6 aromatic rings. The van der Waals surface area contributed by atoms with E-state index in [4.69, 9.17) is 20.0 Å². The Balaban J connectivity index is 1.22. The van der Waals surface area contributed by atoms with Crippen molar-refractivity contribution in [3.05, 3.63) is 130 Å². The fourth-order valence-electron chi connectivity index (χ4n) is 5.38. The standard InChI is InChI=1S/C36H29FN6O4S/c1-47-32(34(44)42-36-39-15-16-48-36)21-43-31-19-26(35(45)46)12-14-30(31)41-33(43)18-22-5-9-25(10-6-22)29-4-2-3-27(40-29)13-11-24-8-7-23(20-38)17-28(24)37/h2-10,12,14-17,19,32H,11,13,18,21H2,1H3,(H,45,46)(H,39,42,44)/t32-/m0/s1. The van der Waals surface area contributed by atoms with Crippen molar-refractivity contribution in [2.45, 2.75) is 31.9 Å². The van der Waals surface area contributed by atoms with Gasteiger partial charge in [0.15, 0.2) is 11.2 Å². The number of hydrogen-bond acceptors (Lipinski definition) is 8. The predicted molar refractivity (Wildman–Crippen MR) is 179 cm³/mol. The monoisotopic (exact) mass is 660 g/mol. The number of halogens is 1. The van der Waals surface area contributed by atoms with Crippen LogP contribution in [0.1, 0.15) is 38.6 Å². The molecule has 10 nitrogen and oxygen atoms in total. The molecule has 3 heterocycles. The van der Waals surface area contributed by atoms with E-state index in [1.807, 2.05) is 53.1 Å². The molecule has 0 radical (unpaired) electrons. The molecule has 1 atom stereocenters. The number of amides is 1. The van der Waals surface area contributed by atoms with Crippen LogP contribution in [0, 0.1) is 17.1 Å². The predicted octanol–water partition coefficient (Wildman–Crippen LogP) is 6.29. The highest BCUT2D eigenvalue weighted by Gasteiger charge is 2.23. The fourth-order valence-corrected chi connectivity index (χ4v) is 5.92. The van der Waals surface area contributed by atoms with Gasteiger partial charge in [0.25, 0.3) is 5.91 Å². The van der Waals surface area contributed by atoms with Gasteiger partial charge in [0.2, 0.25) is 0 Å². The van der Waals surface area contributed by atoms with E-state index >= 15 is 0 Å². The summed E-state index contributed by atoms with van der Waals surface area (Å²) in [7, 11) is 1.45. The number of ether oxygens (including phenoxy) is 1. The quantitative estimate of drug-likeness (QED) is 0.156. The fraction of sp³-hybridized carbons (Fsp3) is 0.167. The number of rotatable bonds is 12. The highest BCUT2D eigenvalue weighted by atomic mass is 32.1. The molecule has 0 aliphatic carbocycles. The first-order valence-corrected chi connectivity index (χ1v) is 15.9. The molecule has 0 spiro atoms. The number of thiazole rings is 1. The molecule has 240 valence electrons. The Hall–Kier alpha value is -5.77. The number of nitriles is 1. The maximum Gasteiger partial charge on any atom is 0.335 e. The first-order chi connectivity index (χ1) is 23.3. The lowest BCUT2D eigenvalue weighted by atomic mass is 10.0. The summed E-state index contributed by atoms with van der Waals surface area (Å²) in [6.07, 6.45) is 2.10. The van der Waals surface area contributed by atoms with Crippen molar-refractivity contribution < 1.29 is 23.8 Å². The Morgan fingerprint density at radius 2 is 1.90 bits per heavy atom. The number of aryl methyl sites for hydroxylation is 2. The first kappa shape index (κ1) is 32.2. The number of nitrogens with one attached hydrogen (secondary N) is 1. The summed E-state index contributed by atoms with van der Waals surface area (Å²) < 4.78 is 21.8. The van der Waals surface area contributed by atoms with Crippen molar-refractivity contribution in [1.29, 1.82) is 5.26 Å². The normalized spacial score (nSPS) is 11.7. The Bertz CT molecular complexity index is 2140. The number of aromatic nitrogens is 4. The van der Waals surface area contributed by atoms with Crippen LogP contribution in [0.3, 0.4) is 0 Å². The molecule has 12 heteroatoms. The van der Waals surface area contributed by atoms with Gasteiger partial charge in [-0.2, -0.15) is 5.26 Å². The van der Waals surface area contributed by atoms with Gasteiger partial charge >= 0.3 is 5.97 Å². The number of carboxylic acid groups (broad SMARTS) is 1. The van der Waals surface area contributed by atoms with Crippen LogP contribution in [0.2, 0.25) is 0 Å². The number of imidazole rings is 1. The number of anilines is 1. The molecule has 2 N–H and O–H groups in total. The van der Waals surface area contributed by atoms with Crippen LogP contribution in [0.5, 0.6) is 0 Å². The number of fused-ring (bicyclic) bond motifs is 1. The summed E-state index contributed by atoms with van der Waals surface area (Å²) in [5.74, 6) is -1.20. The van der Waals surface area contributed by atoms with E-state index in [1.165, 1.54) is 30.6 Å². The second-order valence-electron chi connectivity index (χ2n) is 11.0. The lowest BCUT2D eigenvalue weighted by molar-refractivity contribution is -0.126. The second-order valence-corrected chi connectivity index (χ2v) is 11.9. The number of carbonyl (C=O) groups is 2.